The van der Waals surface area contributed by atoms with Crippen LogP contribution in [0.5, 0.6) is 0 Å². The SMILES string of the molecule is C=C(CCC1CO1)C(=O)OC=Cc1ccccc1. The summed E-state index contributed by atoms with van der Waals surface area (Å²) in [6, 6.07) is 9.66. The molecule has 1 saturated heterocycles. The van der Waals surface area contributed by atoms with Crippen LogP contribution in [0.15, 0.2) is 48.7 Å². The van der Waals surface area contributed by atoms with Crippen LogP contribution in [0.4, 0.5) is 0 Å². The lowest BCUT2D eigenvalue weighted by atomic mass is 10.1. The Hall–Kier alpha value is -1.87. The monoisotopic (exact) mass is 244 g/mol. The predicted molar refractivity (Wildman–Crippen MR) is 69.7 cm³/mol. The molecule has 1 atom stereocenters. The summed E-state index contributed by atoms with van der Waals surface area (Å²) in [5, 5.41) is 0. The zero-order valence-corrected chi connectivity index (χ0v) is 10.2. The van der Waals surface area contributed by atoms with Crippen molar-refractivity contribution in [1.29, 1.82) is 0 Å². The average molecular weight is 244 g/mol. The molecule has 1 aliphatic rings. The Balaban J connectivity index is 1.73. The van der Waals surface area contributed by atoms with E-state index in [4.69, 9.17) is 9.47 Å². The van der Waals surface area contributed by atoms with Gasteiger partial charge in [0.05, 0.1) is 19.0 Å². The van der Waals surface area contributed by atoms with Gasteiger partial charge in [0.15, 0.2) is 0 Å². The van der Waals surface area contributed by atoms with Crippen molar-refractivity contribution in [2.75, 3.05) is 6.61 Å². The first kappa shape index (κ1) is 12.6. The third-order valence-corrected chi connectivity index (χ3v) is 2.69. The molecule has 1 heterocycles. The highest BCUT2D eigenvalue weighted by Crippen LogP contribution is 2.18. The average Bonchev–Trinajstić information content (AvgIpc) is 3.21. The van der Waals surface area contributed by atoms with Gasteiger partial charge in [-0.25, -0.2) is 4.79 Å². The van der Waals surface area contributed by atoms with Gasteiger partial charge in [0.25, 0.3) is 0 Å². The summed E-state index contributed by atoms with van der Waals surface area (Å²) in [4.78, 5) is 11.6. The molecule has 0 bridgehead atoms. The van der Waals surface area contributed by atoms with Crippen molar-refractivity contribution in [2.24, 2.45) is 0 Å². The van der Waals surface area contributed by atoms with Crippen molar-refractivity contribution in [3.8, 4) is 0 Å². The van der Waals surface area contributed by atoms with Gasteiger partial charge in [-0.3, -0.25) is 0 Å². The number of ether oxygens (including phenoxy) is 2. The van der Waals surface area contributed by atoms with Crippen LogP contribution in [0.25, 0.3) is 6.08 Å². The second-order valence-electron chi connectivity index (χ2n) is 4.22. The Labute approximate surface area is 107 Å². The molecule has 0 amide bonds. The number of epoxide rings is 1. The molecular formula is C15H16O3. The van der Waals surface area contributed by atoms with Gasteiger partial charge in [-0.1, -0.05) is 36.9 Å². The predicted octanol–water partition coefficient (Wildman–Crippen LogP) is 2.94. The van der Waals surface area contributed by atoms with Crippen LogP contribution in [0.1, 0.15) is 18.4 Å². The lowest BCUT2D eigenvalue weighted by Crippen LogP contribution is -2.04. The van der Waals surface area contributed by atoms with Crippen LogP contribution in [0, 0.1) is 0 Å². The highest BCUT2D eigenvalue weighted by Gasteiger charge is 2.23. The van der Waals surface area contributed by atoms with Gasteiger partial charge in [-0.05, 0) is 24.5 Å². The van der Waals surface area contributed by atoms with Crippen LogP contribution < -0.4 is 0 Å². The van der Waals surface area contributed by atoms with Crippen LogP contribution in [0.2, 0.25) is 0 Å². The summed E-state index contributed by atoms with van der Waals surface area (Å²) < 4.78 is 10.1. The minimum Gasteiger partial charge on any atom is -0.431 e. The second kappa shape index (κ2) is 6.17. The van der Waals surface area contributed by atoms with E-state index in [1.165, 1.54) is 6.26 Å². The molecule has 0 radical (unpaired) electrons. The van der Waals surface area contributed by atoms with Gasteiger partial charge < -0.3 is 9.47 Å². The molecule has 1 fully saturated rings. The number of hydrogen-bond acceptors (Lipinski definition) is 3. The molecule has 0 aromatic heterocycles. The number of rotatable bonds is 6. The molecule has 94 valence electrons. The fourth-order valence-corrected chi connectivity index (χ4v) is 1.49. The fourth-order valence-electron chi connectivity index (χ4n) is 1.49. The van der Waals surface area contributed by atoms with Crippen molar-refractivity contribution in [3.05, 3.63) is 54.3 Å². The van der Waals surface area contributed by atoms with Gasteiger partial charge in [0.2, 0.25) is 0 Å². The Morgan fingerprint density at radius 3 is 2.83 bits per heavy atom. The maximum absolute atomic E-state index is 11.6. The van der Waals surface area contributed by atoms with Crippen molar-refractivity contribution in [3.63, 3.8) is 0 Å². The maximum Gasteiger partial charge on any atom is 0.338 e. The molecular weight excluding hydrogens is 228 g/mol. The van der Waals surface area contributed by atoms with E-state index >= 15 is 0 Å². The molecule has 0 aliphatic carbocycles. The highest BCUT2D eigenvalue weighted by atomic mass is 16.6. The van der Waals surface area contributed by atoms with E-state index in [-0.39, 0.29) is 5.97 Å². The van der Waals surface area contributed by atoms with Crippen LogP contribution in [-0.4, -0.2) is 18.7 Å². The molecule has 0 spiro atoms. The minimum absolute atomic E-state index is 0.314. The van der Waals surface area contributed by atoms with Gasteiger partial charge in [-0.15, -0.1) is 0 Å². The maximum atomic E-state index is 11.6. The molecule has 1 aromatic rings. The van der Waals surface area contributed by atoms with E-state index < -0.39 is 0 Å². The molecule has 0 N–H and O–H groups in total. The molecule has 0 saturated carbocycles. The van der Waals surface area contributed by atoms with Crippen molar-refractivity contribution < 1.29 is 14.3 Å². The molecule has 1 unspecified atom stereocenters. The number of carbonyl (C=O) groups excluding carboxylic acids is 1. The molecule has 3 heteroatoms. The first-order valence-electron chi connectivity index (χ1n) is 5.97. The third kappa shape index (κ3) is 4.18. The summed E-state index contributed by atoms with van der Waals surface area (Å²) in [5.41, 5.74) is 1.48. The smallest absolute Gasteiger partial charge is 0.338 e. The quantitative estimate of drug-likeness (QED) is 0.334. The van der Waals surface area contributed by atoms with Gasteiger partial charge in [0.1, 0.15) is 0 Å². The summed E-state index contributed by atoms with van der Waals surface area (Å²) in [7, 11) is 0. The third-order valence-electron chi connectivity index (χ3n) is 2.69. The van der Waals surface area contributed by atoms with Crippen molar-refractivity contribution in [2.45, 2.75) is 18.9 Å². The highest BCUT2D eigenvalue weighted by molar-refractivity contribution is 5.88. The topological polar surface area (TPSA) is 38.8 Å². The largest absolute Gasteiger partial charge is 0.431 e. The van der Waals surface area contributed by atoms with Gasteiger partial charge in [0, 0.05) is 5.57 Å². The Morgan fingerprint density at radius 1 is 1.44 bits per heavy atom. The Morgan fingerprint density at radius 2 is 2.17 bits per heavy atom. The van der Waals surface area contributed by atoms with Crippen molar-refractivity contribution in [1.82, 2.24) is 0 Å². The lowest BCUT2D eigenvalue weighted by Gasteiger charge is -2.01. The van der Waals surface area contributed by atoms with E-state index in [1.807, 2.05) is 30.3 Å². The van der Waals surface area contributed by atoms with E-state index in [0.717, 1.165) is 18.6 Å². The van der Waals surface area contributed by atoms with E-state index in [1.54, 1.807) is 6.08 Å². The second-order valence-corrected chi connectivity index (χ2v) is 4.22. The van der Waals surface area contributed by atoms with Crippen molar-refractivity contribution >= 4 is 12.0 Å². The molecule has 18 heavy (non-hydrogen) atoms. The summed E-state index contributed by atoms with van der Waals surface area (Å²) in [6.07, 6.45) is 4.93. The Bertz CT molecular complexity index is 444. The standard InChI is InChI=1S/C15H16O3/c1-12(7-8-14-11-18-14)15(16)17-10-9-13-5-3-2-4-6-13/h2-6,9-10,14H,1,7-8,11H2. The first-order chi connectivity index (χ1) is 8.75. The normalized spacial score (nSPS) is 17.7. The fraction of sp³-hybridized carbons (Fsp3) is 0.267. The first-order valence-corrected chi connectivity index (χ1v) is 5.97. The van der Waals surface area contributed by atoms with Gasteiger partial charge >= 0.3 is 5.97 Å². The number of benzene rings is 1. The minimum atomic E-state index is -0.372. The summed E-state index contributed by atoms with van der Waals surface area (Å²) in [6.45, 7) is 4.52. The molecule has 1 aliphatic heterocycles. The lowest BCUT2D eigenvalue weighted by molar-refractivity contribution is -0.133. The van der Waals surface area contributed by atoms with Gasteiger partial charge in [-0.2, -0.15) is 0 Å². The Kier molecular flexibility index (Phi) is 4.31. The van der Waals surface area contributed by atoms with Crippen LogP contribution >= 0.6 is 0 Å². The van der Waals surface area contributed by atoms with E-state index in [2.05, 4.69) is 6.58 Å². The van der Waals surface area contributed by atoms with Crippen LogP contribution in [-0.2, 0) is 14.3 Å². The van der Waals surface area contributed by atoms with E-state index in [9.17, 15) is 4.79 Å². The number of esters is 1. The molecule has 3 nitrogen and oxygen atoms in total. The number of carbonyl (C=O) groups is 1. The van der Waals surface area contributed by atoms with E-state index in [0.29, 0.717) is 18.1 Å². The van der Waals surface area contributed by atoms with Crippen LogP contribution in [0.3, 0.4) is 0 Å². The summed E-state index contributed by atoms with van der Waals surface area (Å²) in [5.74, 6) is -0.372. The molecule has 2 rings (SSSR count). The molecule has 1 aromatic carbocycles. The summed E-state index contributed by atoms with van der Waals surface area (Å²) >= 11 is 0. The zero-order valence-electron chi connectivity index (χ0n) is 10.2. The number of hydrogen-bond donors (Lipinski definition) is 0. The zero-order chi connectivity index (χ0) is 12.8.